The third-order valence-corrected chi connectivity index (χ3v) is 4.28. The average Bonchev–Trinajstić information content (AvgIpc) is 3.12. The summed E-state index contributed by atoms with van der Waals surface area (Å²) in [5.41, 5.74) is 8.88. The van der Waals surface area contributed by atoms with Crippen LogP contribution in [-0.4, -0.2) is 31.8 Å². The Morgan fingerprint density at radius 1 is 1.35 bits per heavy atom. The van der Waals surface area contributed by atoms with E-state index in [2.05, 4.69) is 34.6 Å². The number of aliphatic imine (C=N–C) groups is 1. The van der Waals surface area contributed by atoms with E-state index in [-0.39, 0.29) is 6.10 Å². The molecule has 108 valence electrons. The van der Waals surface area contributed by atoms with E-state index in [1.54, 1.807) is 0 Å². The van der Waals surface area contributed by atoms with Gasteiger partial charge in [0.25, 0.3) is 0 Å². The molecule has 3 N–H and O–H groups in total. The molecule has 4 heteroatoms. The van der Waals surface area contributed by atoms with Crippen molar-refractivity contribution in [2.75, 3.05) is 19.7 Å². The van der Waals surface area contributed by atoms with Crippen LogP contribution in [0.2, 0.25) is 0 Å². The van der Waals surface area contributed by atoms with Crippen LogP contribution in [0, 0.1) is 0 Å². The zero-order valence-electron chi connectivity index (χ0n) is 11.8. The topological polar surface area (TPSA) is 59.6 Å². The zero-order valence-corrected chi connectivity index (χ0v) is 11.8. The molecule has 0 amide bonds. The highest BCUT2D eigenvalue weighted by Gasteiger charge is 2.21. The van der Waals surface area contributed by atoms with E-state index < -0.39 is 0 Å². The molecule has 1 fully saturated rings. The summed E-state index contributed by atoms with van der Waals surface area (Å²) < 4.78 is 5.54. The molecule has 1 heterocycles. The Kier molecular flexibility index (Phi) is 4.21. The van der Waals surface area contributed by atoms with E-state index in [0.717, 1.165) is 26.0 Å². The Bertz CT molecular complexity index is 480. The van der Waals surface area contributed by atoms with E-state index in [1.807, 2.05) is 0 Å². The van der Waals surface area contributed by atoms with Gasteiger partial charge in [0.05, 0.1) is 12.6 Å². The molecule has 1 aromatic rings. The van der Waals surface area contributed by atoms with E-state index in [4.69, 9.17) is 10.5 Å². The normalized spacial score (nSPS) is 25.7. The Labute approximate surface area is 120 Å². The van der Waals surface area contributed by atoms with Gasteiger partial charge in [-0.3, -0.25) is 4.99 Å². The van der Waals surface area contributed by atoms with Gasteiger partial charge >= 0.3 is 0 Å². The summed E-state index contributed by atoms with van der Waals surface area (Å²) in [6, 6.07) is 8.69. The number of rotatable bonds is 4. The first-order chi connectivity index (χ1) is 9.83. The molecule has 4 nitrogen and oxygen atoms in total. The first-order valence-electron chi connectivity index (χ1n) is 7.56. The number of hydrogen-bond acceptors (Lipinski definition) is 2. The third kappa shape index (κ3) is 3.12. The summed E-state index contributed by atoms with van der Waals surface area (Å²) in [6.45, 7) is 2.42. The number of benzene rings is 1. The minimum Gasteiger partial charge on any atom is -0.376 e. The van der Waals surface area contributed by atoms with Gasteiger partial charge in [-0.05, 0) is 36.8 Å². The first kappa shape index (κ1) is 13.4. The lowest BCUT2D eigenvalue weighted by Crippen LogP contribution is -2.35. The third-order valence-electron chi connectivity index (χ3n) is 4.28. The molecule has 2 atom stereocenters. The summed E-state index contributed by atoms with van der Waals surface area (Å²) >= 11 is 0. The Morgan fingerprint density at radius 3 is 3.10 bits per heavy atom. The molecule has 0 aromatic heterocycles. The molecule has 0 radical (unpaired) electrons. The second kappa shape index (κ2) is 6.27. The number of ether oxygens (including phenoxy) is 1. The lowest BCUT2D eigenvalue weighted by atomic mass is 10.0. The molecule has 0 saturated carbocycles. The van der Waals surface area contributed by atoms with Crippen molar-refractivity contribution >= 4 is 5.96 Å². The second-order valence-electron chi connectivity index (χ2n) is 5.68. The Hall–Kier alpha value is -1.55. The van der Waals surface area contributed by atoms with E-state index >= 15 is 0 Å². The maximum atomic E-state index is 5.93. The van der Waals surface area contributed by atoms with Crippen molar-refractivity contribution in [2.45, 2.75) is 37.7 Å². The first-order valence-corrected chi connectivity index (χ1v) is 7.56. The van der Waals surface area contributed by atoms with Crippen LogP contribution in [0.25, 0.3) is 0 Å². The summed E-state index contributed by atoms with van der Waals surface area (Å²) in [7, 11) is 0. The van der Waals surface area contributed by atoms with Crippen molar-refractivity contribution in [3.63, 3.8) is 0 Å². The van der Waals surface area contributed by atoms with Crippen molar-refractivity contribution in [3.05, 3.63) is 35.4 Å². The number of aryl methyl sites for hydroxylation is 1. The van der Waals surface area contributed by atoms with Gasteiger partial charge in [0.2, 0.25) is 0 Å². The van der Waals surface area contributed by atoms with Crippen molar-refractivity contribution in [3.8, 4) is 0 Å². The van der Waals surface area contributed by atoms with Crippen molar-refractivity contribution in [2.24, 2.45) is 10.7 Å². The monoisotopic (exact) mass is 273 g/mol. The summed E-state index contributed by atoms with van der Waals surface area (Å²) in [5, 5.41) is 3.26. The van der Waals surface area contributed by atoms with Gasteiger partial charge in [-0.1, -0.05) is 24.3 Å². The quantitative estimate of drug-likeness (QED) is 0.649. The van der Waals surface area contributed by atoms with Gasteiger partial charge in [0.15, 0.2) is 5.96 Å². The number of guanidine groups is 1. The molecule has 1 aliphatic carbocycles. The van der Waals surface area contributed by atoms with E-state index in [9.17, 15) is 0 Å². The van der Waals surface area contributed by atoms with Crippen LogP contribution < -0.4 is 11.1 Å². The van der Waals surface area contributed by atoms with E-state index in [0.29, 0.717) is 18.4 Å². The van der Waals surface area contributed by atoms with Gasteiger partial charge in [-0.15, -0.1) is 0 Å². The maximum Gasteiger partial charge on any atom is 0.188 e. The van der Waals surface area contributed by atoms with E-state index in [1.165, 1.54) is 24.0 Å². The van der Waals surface area contributed by atoms with Crippen molar-refractivity contribution in [1.82, 2.24) is 5.32 Å². The van der Waals surface area contributed by atoms with Gasteiger partial charge < -0.3 is 15.8 Å². The summed E-state index contributed by atoms with van der Waals surface area (Å²) in [4.78, 5) is 4.38. The molecule has 1 aromatic carbocycles. The highest BCUT2D eigenvalue weighted by Crippen LogP contribution is 2.31. The van der Waals surface area contributed by atoms with Gasteiger partial charge in [-0.25, -0.2) is 0 Å². The lowest BCUT2D eigenvalue weighted by Gasteiger charge is -2.14. The van der Waals surface area contributed by atoms with Crippen LogP contribution in [0.1, 0.15) is 36.3 Å². The largest absolute Gasteiger partial charge is 0.376 e. The number of fused-ring (bicyclic) bond motifs is 1. The predicted molar refractivity (Wildman–Crippen MR) is 81.0 cm³/mol. The number of nitrogens with two attached hydrogens (primary N) is 1. The van der Waals surface area contributed by atoms with Crippen LogP contribution >= 0.6 is 0 Å². The molecule has 2 aliphatic rings. The minimum absolute atomic E-state index is 0.266. The molecule has 1 saturated heterocycles. The number of nitrogens with one attached hydrogen (secondary N) is 1. The summed E-state index contributed by atoms with van der Waals surface area (Å²) in [6.07, 6.45) is 4.89. The molecular weight excluding hydrogens is 250 g/mol. The summed E-state index contributed by atoms with van der Waals surface area (Å²) in [5.74, 6) is 1.10. The van der Waals surface area contributed by atoms with Crippen LogP contribution in [-0.2, 0) is 11.2 Å². The standard InChI is InChI=1S/C16H23N3O/c17-16(19-11-14-5-3-9-20-14)18-10-13-8-7-12-4-1-2-6-15(12)13/h1-2,4,6,13-14H,3,5,7-11H2,(H3,17,18,19). The Balaban J connectivity index is 1.48. The van der Waals surface area contributed by atoms with Crippen molar-refractivity contribution in [1.29, 1.82) is 0 Å². The Morgan fingerprint density at radius 2 is 2.25 bits per heavy atom. The van der Waals surface area contributed by atoms with Crippen molar-refractivity contribution < 1.29 is 4.74 Å². The second-order valence-corrected chi connectivity index (χ2v) is 5.68. The van der Waals surface area contributed by atoms with Crippen LogP contribution in [0.5, 0.6) is 0 Å². The van der Waals surface area contributed by atoms with Gasteiger partial charge in [0, 0.05) is 19.1 Å². The van der Waals surface area contributed by atoms with Crippen LogP contribution in [0.4, 0.5) is 0 Å². The fourth-order valence-electron chi connectivity index (χ4n) is 3.13. The molecular formula is C16H23N3O. The molecule has 3 rings (SSSR count). The molecule has 0 bridgehead atoms. The highest BCUT2D eigenvalue weighted by atomic mass is 16.5. The maximum absolute atomic E-state index is 5.93. The molecule has 0 spiro atoms. The van der Waals surface area contributed by atoms with Gasteiger partial charge in [0.1, 0.15) is 0 Å². The number of hydrogen-bond donors (Lipinski definition) is 2. The molecule has 1 aliphatic heterocycles. The fraction of sp³-hybridized carbons (Fsp3) is 0.562. The average molecular weight is 273 g/mol. The highest BCUT2D eigenvalue weighted by molar-refractivity contribution is 5.77. The SMILES string of the molecule is NC(=NCC1CCCO1)NCC1CCc2ccccc21. The zero-order chi connectivity index (χ0) is 13.8. The van der Waals surface area contributed by atoms with Gasteiger partial charge in [-0.2, -0.15) is 0 Å². The minimum atomic E-state index is 0.266. The van der Waals surface area contributed by atoms with Crippen LogP contribution in [0.15, 0.2) is 29.3 Å². The fourth-order valence-corrected chi connectivity index (χ4v) is 3.13. The lowest BCUT2D eigenvalue weighted by molar-refractivity contribution is 0.118. The number of nitrogens with zero attached hydrogens (tertiary/aromatic N) is 1. The molecule has 20 heavy (non-hydrogen) atoms. The predicted octanol–water partition coefficient (Wildman–Crippen LogP) is 1.80. The van der Waals surface area contributed by atoms with Crippen LogP contribution in [0.3, 0.4) is 0 Å². The smallest absolute Gasteiger partial charge is 0.188 e. The molecule has 2 unspecified atom stereocenters.